The lowest BCUT2D eigenvalue weighted by Crippen LogP contribution is -2.09. The first-order valence-corrected chi connectivity index (χ1v) is 8.32. The normalized spacial score (nSPS) is 10.6. The average molecular weight is 379 g/mol. The number of halogens is 1. The molecule has 0 aliphatic carbocycles. The van der Waals surface area contributed by atoms with Gasteiger partial charge in [-0.3, -0.25) is 9.78 Å². The van der Waals surface area contributed by atoms with Crippen LogP contribution in [-0.4, -0.2) is 42.1 Å². The van der Waals surface area contributed by atoms with Gasteiger partial charge in [-0.1, -0.05) is 0 Å². The highest BCUT2D eigenvalue weighted by Gasteiger charge is 2.19. The largest absolute Gasteiger partial charge is 0.461 e. The van der Waals surface area contributed by atoms with Gasteiger partial charge < -0.3 is 9.30 Å². The molecule has 8 nitrogen and oxygen atoms in total. The first-order chi connectivity index (χ1) is 12.1. The van der Waals surface area contributed by atoms with Crippen molar-refractivity contribution in [3.05, 3.63) is 41.9 Å². The van der Waals surface area contributed by atoms with Gasteiger partial charge in [-0.15, -0.1) is 12.4 Å². The lowest BCUT2D eigenvalue weighted by Gasteiger charge is -2.09. The number of carbonyl (C=O) groups excluding carboxylic acids is 1. The van der Waals surface area contributed by atoms with Crippen LogP contribution in [0.15, 0.2) is 24.8 Å². The quantitative estimate of drug-likeness (QED) is 0.638. The Labute approximate surface area is 158 Å². The van der Waals surface area contributed by atoms with Crippen LogP contribution in [0.5, 0.6) is 0 Å². The Kier molecular flexibility index (Phi) is 6.57. The summed E-state index contributed by atoms with van der Waals surface area (Å²) < 4.78 is 9.09. The van der Waals surface area contributed by atoms with Gasteiger partial charge in [-0.25, -0.2) is 9.78 Å². The number of ether oxygens (including phenoxy) is 1. The summed E-state index contributed by atoms with van der Waals surface area (Å²) in [6.45, 7) is 7.73. The predicted molar refractivity (Wildman–Crippen MR) is 99.3 cm³/mol. The lowest BCUT2D eigenvalue weighted by atomic mass is 10.2. The van der Waals surface area contributed by atoms with E-state index in [9.17, 15) is 4.79 Å². The summed E-state index contributed by atoms with van der Waals surface area (Å²) >= 11 is 0. The van der Waals surface area contributed by atoms with Crippen LogP contribution in [-0.2, 0) is 17.8 Å². The summed E-state index contributed by atoms with van der Waals surface area (Å²) in [5.41, 5.74) is 4.07. The fourth-order valence-electron chi connectivity index (χ4n) is 2.85. The summed E-state index contributed by atoms with van der Waals surface area (Å²) in [6.07, 6.45) is 6.02. The van der Waals surface area contributed by atoms with E-state index in [1.807, 2.05) is 16.2 Å². The Bertz CT molecular complexity index is 866. The van der Waals surface area contributed by atoms with Crippen LogP contribution in [0.1, 0.15) is 35.2 Å². The molecule has 0 saturated carbocycles. The number of aromatic nitrogens is 6. The standard InChI is InChI=1S/C17H22N6O2.ClH/c1-4-25-17(24)16-14(9-19-20-16)15-10-18-11-22(15)6-5-7-23-13(3)8-12(2)21-23;/h8-11H,4-7H2,1-3H3,(H,19,20);1H. The van der Waals surface area contributed by atoms with Crippen LogP contribution in [0.4, 0.5) is 0 Å². The van der Waals surface area contributed by atoms with E-state index in [1.54, 1.807) is 25.6 Å². The van der Waals surface area contributed by atoms with Crippen molar-refractivity contribution in [1.29, 1.82) is 0 Å². The van der Waals surface area contributed by atoms with Gasteiger partial charge in [0.25, 0.3) is 0 Å². The number of nitrogens with one attached hydrogen (secondary N) is 1. The van der Waals surface area contributed by atoms with Crippen molar-refractivity contribution in [1.82, 2.24) is 29.5 Å². The molecule has 0 aromatic carbocycles. The van der Waals surface area contributed by atoms with Crippen LogP contribution in [0, 0.1) is 13.8 Å². The first-order valence-electron chi connectivity index (χ1n) is 8.32. The third-order valence-corrected chi connectivity index (χ3v) is 3.98. The van der Waals surface area contributed by atoms with E-state index in [2.05, 4.69) is 33.3 Å². The van der Waals surface area contributed by atoms with Crippen molar-refractivity contribution in [2.45, 2.75) is 40.3 Å². The third-order valence-electron chi connectivity index (χ3n) is 3.98. The monoisotopic (exact) mass is 378 g/mol. The second-order valence-electron chi connectivity index (χ2n) is 5.86. The number of nitrogens with zero attached hydrogens (tertiary/aromatic N) is 5. The third kappa shape index (κ3) is 4.13. The second kappa shape index (κ2) is 8.66. The average Bonchev–Trinajstić information content (AvgIpc) is 3.28. The van der Waals surface area contributed by atoms with E-state index < -0.39 is 5.97 Å². The molecule has 0 bridgehead atoms. The Morgan fingerprint density at radius 3 is 2.77 bits per heavy atom. The Hall–Kier alpha value is -2.61. The van der Waals surface area contributed by atoms with Crippen molar-refractivity contribution in [2.24, 2.45) is 0 Å². The molecule has 0 spiro atoms. The van der Waals surface area contributed by atoms with Gasteiger partial charge in [0, 0.05) is 18.8 Å². The lowest BCUT2D eigenvalue weighted by molar-refractivity contribution is 0.0520. The molecule has 140 valence electrons. The van der Waals surface area contributed by atoms with Crippen LogP contribution < -0.4 is 0 Å². The van der Waals surface area contributed by atoms with Crippen LogP contribution in [0.25, 0.3) is 11.3 Å². The minimum Gasteiger partial charge on any atom is -0.461 e. The molecule has 9 heteroatoms. The zero-order valence-electron chi connectivity index (χ0n) is 15.1. The molecule has 3 aromatic rings. The second-order valence-corrected chi connectivity index (χ2v) is 5.86. The number of imidazole rings is 1. The molecule has 0 aliphatic heterocycles. The zero-order valence-corrected chi connectivity index (χ0v) is 15.9. The van der Waals surface area contributed by atoms with Crippen molar-refractivity contribution in [2.75, 3.05) is 6.61 Å². The van der Waals surface area contributed by atoms with Crippen LogP contribution in [0.3, 0.4) is 0 Å². The highest BCUT2D eigenvalue weighted by molar-refractivity contribution is 5.94. The maximum Gasteiger partial charge on any atom is 0.357 e. The van der Waals surface area contributed by atoms with Crippen LogP contribution in [0.2, 0.25) is 0 Å². The minimum atomic E-state index is -0.412. The van der Waals surface area contributed by atoms with E-state index in [-0.39, 0.29) is 12.4 Å². The number of aryl methyl sites for hydroxylation is 4. The summed E-state index contributed by atoms with van der Waals surface area (Å²) in [6, 6.07) is 2.07. The molecule has 3 aromatic heterocycles. The van der Waals surface area contributed by atoms with Crippen molar-refractivity contribution in [3.8, 4) is 11.3 Å². The molecule has 0 aliphatic rings. The number of aromatic amines is 1. The number of carbonyl (C=O) groups is 1. The molecular weight excluding hydrogens is 356 g/mol. The topological polar surface area (TPSA) is 90.6 Å². The number of hydrogen-bond donors (Lipinski definition) is 1. The molecule has 0 radical (unpaired) electrons. The summed E-state index contributed by atoms with van der Waals surface area (Å²) in [5.74, 6) is -0.412. The fourth-order valence-corrected chi connectivity index (χ4v) is 2.85. The molecule has 26 heavy (non-hydrogen) atoms. The molecular formula is C17H23ClN6O2. The molecule has 0 fully saturated rings. The summed E-state index contributed by atoms with van der Waals surface area (Å²) in [4.78, 5) is 16.3. The molecule has 3 rings (SSSR count). The SMILES string of the molecule is CCOC(=O)c1[nH]ncc1-c1cncn1CCCn1nc(C)cc1C.Cl. The molecule has 0 unspecified atom stereocenters. The van der Waals surface area contributed by atoms with E-state index in [0.717, 1.165) is 36.6 Å². The van der Waals surface area contributed by atoms with E-state index in [1.165, 1.54) is 0 Å². The minimum absolute atomic E-state index is 0. The van der Waals surface area contributed by atoms with Gasteiger partial charge in [0.2, 0.25) is 0 Å². The van der Waals surface area contributed by atoms with Gasteiger partial charge in [0.15, 0.2) is 5.69 Å². The maximum atomic E-state index is 12.0. The smallest absolute Gasteiger partial charge is 0.357 e. The van der Waals surface area contributed by atoms with Gasteiger partial charge >= 0.3 is 5.97 Å². The maximum absolute atomic E-state index is 12.0. The Morgan fingerprint density at radius 1 is 1.27 bits per heavy atom. The number of rotatable bonds is 7. The molecule has 1 N–H and O–H groups in total. The van der Waals surface area contributed by atoms with Gasteiger partial charge in [-0.05, 0) is 33.3 Å². The van der Waals surface area contributed by atoms with Crippen LogP contribution >= 0.6 is 12.4 Å². The summed E-state index contributed by atoms with van der Waals surface area (Å²) in [7, 11) is 0. The first kappa shape index (κ1) is 19.7. The fraction of sp³-hybridized carbons (Fsp3) is 0.412. The predicted octanol–water partition coefficient (Wildman–Crippen LogP) is 2.78. The number of H-pyrrole nitrogens is 1. The van der Waals surface area contributed by atoms with Crippen molar-refractivity contribution in [3.63, 3.8) is 0 Å². The van der Waals surface area contributed by atoms with Gasteiger partial charge in [0.05, 0.1) is 42.3 Å². The van der Waals surface area contributed by atoms with Crippen molar-refractivity contribution < 1.29 is 9.53 Å². The van der Waals surface area contributed by atoms with E-state index >= 15 is 0 Å². The molecule has 0 saturated heterocycles. The summed E-state index contributed by atoms with van der Waals surface area (Å²) in [5, 5.41) is 11.2. The Balaban J connectivity index is 0.00000243. The number of esters is 1. The molecule has 3 heterocycles. The molecule has 0 atom stereocenters. The molecule has 0 amide bonds. The van der Waals surface area contributed by atoms with Crippen molar-refractivity contribution >= 4 is 18.4 Å². The zero-order chi connectivity index (χ0) is 17.8. The van der Waals surface area contributed by atoms with Gasteiger partial charge in [0.1, 0.15) is 0 Å². The highest BCUT2D eigenvalue weighted by atomic mass is 35.5. The number of hydrogen-bond acceptors (Lipinski definition) is 5. The Morgan fingerprint density at radius 2 is 2.08 bits per heavy atom. The van der Waals surface area contributed by atoms with Gasteiger partial charge in [-0.2, -0.15) is 10.2 Å². The highest BCUT2D eigenvalue weighted by Crippen LogP contribution is 2.22. The van der Waals surface area contributed by atoms with E-state index in [0.29, 0.717) is 17.9 Å². The van der Waals surface area contributed by atoms with E-state index in [4.69, 9.17) is 4.74 Å².